The molecule has 0 radical (unpaired) electrons. The first kappa shape index (κ1) is 18.6. The topological polar surface area (TPSA) is 71.1 Å². The van der Waals surface area contributed by atoms with E-state index in [1.165, 1.54) is 0 Å². The molecule has 0 aliphatic rings. The predicted molar refractivity (Wildman–Crippen MR) is 102 cm³/mol. The second-order valence-electron chi connectivity index (χ2n) is 6.52. The Morgan fingerprint density at radius 3 is 1.92 bits per heavy atom. The summed E-state index contributed by atoms with van der Waals surface area (Å²) in [5, 5.41) is 20.1. The molecule has 0 fully saturated rings. The highest BCUT2D eigenvalue weighted by Crippen LogP contribution is 2.38. The summed E-state index contributed by atoms with van der Waals surface area (Å²) in [7, 11) is 3.98. The zero-order valence-electron chi connectivity index (χ0n) is 15.8. The number of benzene rings is 2. The van der Waals surface area contributed by atoms with Gasteiger partial charge in [0.2, 0.25) is 0 Å². The lowest BCUT2D eigenvalue weighted by atomic mass is 9.96. The molecule has 0 atom stereocenters. The minimum absolute atomic E-state index is 0.167. The highest BCUT2D eigenvalue weighted by molar-refractivity contribution is 5.67. The van der Waals surface area contributed by atoms with Crippen LogP contribution in [0, 0.1) is 44.7 Å². The van der Waals surface area contributed by atoms with Crippen molar-refractivity contribution in [1.29, 1.82) is 0 Å². The summed E-state index contributed by atoms with van der Waals surface area (Å²) in [5.74, 6) is 0. The fraction of sp³-hybridized carbons (Fsp3) is 0.368. The number of azo groups is 1. The molecule has 2 aromatic rings. The molecule has 2 rings (SSSR count). The number of anilines is 1. The van der Waals surface area contributed by atoms with Crippen molar-refractivity contribution in [3.05, 3.63) is 56.1 Å². The Hall–Kier alpha value is -2.76. The largest absolute Gasteiger partial charge is 0.378 e. The van der Waals surface area contributed by atoms with E-state index in [0.29, 0.717) is 16.8 Å². The van der Waals surface area contributed by atoms with Gasteiger partial charge in [-0.3, -0.25) is 10.1 Å². The number of rotatable bonds is 4. The molecule has 0 saturated carbocycles. The van der Waals surface area contributed by atoms with Crippen molar-refractivity contribution in [3.63, 3.8) is 0 Å². The Kier molecular flexibility index (Phi) is 5.21. The number of nitro benzene ring substituents is 1. The van der Waals surface area contributed by atoms with Crippen molar-refractivity contribution >= 4 is 22.7 Å². The molecule has 0 amide bonds. The van der Waals surface area contributed by atoms with E-state index < -0.39 is 0 Å². The Morgan fingerprint density at radius 2 is 1.48 bits per heavy atom. The van der Waals surface area contributed by atoms with E-state index in [4.69, 9.17) is 0 Å². The predicted octanol–water partition coefficient (Wildman–Crippen LogP) is 5.62. The fourth-order valence-electron chi connectivity index (χ4n) is 2.83. The molecule has 0 aliphatic carbocycles. The normalized spacial score (nSPS) is 11.2. The van der Waals surface area contributed by atoms with E-state index in [-0.39, 0.29) is 10.6 Å². The van der Waals surface area contributed by atoms with Crippen LogP contribution in [0.5, 0.6) is 0 Å². The van der Waals surface area contributed by atoms with Crippen molar-refractivity contribution in [3.8, 4) is 0 Å². The van der Waals surface area contributed by atoms with Crippen molar-refractivity contribution in [1.82, 2.24) is 0 Å². The quantitative estimate of drug-likeness (QED) is 0.412. The van der Waals surface area contributed by atoms with Crippen LogP contribution < -0.4 is 4.90 Å². The third kappa shape index (κ3) is 3.52. The van der Waals surface area contributed by atoms with Crippen LogP contribution in [0.3, 0.4) is 0 Å². The zero-order chi connectivity index (χ0) is 18.9. The molecule has 0 unspecified atom stereocenters. The first-order valence-corrected chi connectivity index (χ1v) is 8.09. The van der Waals surface area contributed by atoms with Gasteiger partial charge in [0.15, 0.2) is 0 Å². The molecule has 2 aromatic carbocycles. The smallest absolute Gasteiger partial charge is 0.275 e. The molecule has 132 valence electrons. The Balaban J connectivity index is 2.51. The van der Waals surface area contributed by atoms with Gasteiger partial charge in [-0.25, -0.2) is 0 Å². The van der Waals surface area contributed by atoms with Gasteiger partial charge in [-0.1, -0.05) is 0 Å². The van der Waals surface area contributed by atoms with Crippen LogP contribution in [0.2, 0.25) is 0 Å². The average Bonchev–Trinajstić information content (AvgIpc) is 2.53. The molecular weight excluding hydrogens is 316 g/mol. The maximum Gasteiger partial charge on any atom is 0.275 e. The second-order valence-corrected chi connectivity index (χ2v) is 6.52. The number of hydrogen-bond acceptors (Lipinski definition) is 5. The van der Waals surface area contributed by atoms with Crippen LogP contribution in [0.4, 0.5) is 22.7 Å². The second kappa shape index (κ2) is 7.01. The van der Waals surface area contributed by atoms with Crippen LogP contribution in [0.25, 0.3) is 0 Å². The molecule has 25 heavy (non-hydrogen) atoms. The van der Waals surface area contributed by atoms with E-state index in [9.17, 15) is 10.1 Å². The van der Waals surface area contributed by atoms with E-state index >= 15 is 0 Å². The summed E-state index contributed by atoms with van der Waals surface area (Å²) in [5.41, 5.74) is 6.66. The van der Waals surface area contributed by atoms with Gasteiger partial charge in [0, 0.05) is 30.9 Å². The lowest BCUT2D eigenvalue weighted by molar-refractivity contribution is -0.386. The Labute approximate surface area is 148 Å². The summed E-state index contributed by atoms with van der Waals surface area (Å²) in [6.07, 6.45) is 0. The number of aryl methyl sites for hydroxylation is 1. The Morgan fingerprint density at radius 1 is 0.920 bits per heavy atom. The van der Waals surface area contributed by atoms with Crippen LogP contribution >= 0.6 is 0 Å². The third-order valence-corrected chi connectivity index (χ3v) is 4.68. The van der Waals surface area contributed by atoms with Gasteiger partial charge >= 0.3 is 0 Å². The number of nitrogens with zero attached hydrogens (tertiary/aromatic N) is 4. The molecule has 0 aromatic heterocycles. The van der Waals surface area contributed by atoms with Gasteiger partial charge in [0.25, 0.3) is 5.69 Å². The van der Waals surface area contributed by atoms with Gasteiger partial charge in [-0.15, -0.1) is 5.11 Å². The van der Waals surface area contributed by atoms with Crippen molar-refractivity contribution in [2.24, 2.45) is 10.2 Å². The first-order valence-electron chi connectivity index (χ1n) is 8.09. The van der Waals surface area contributed by atoms with Crippen molar-refractivity contribution in [2.75, 3.05) is 19.0 Å². The average molecular weight is 340 g/mol. The van der Waals surface area contributed by atoms with E-state index in [1.807, 2.05) is 51.9 Å². The van der Waals surface area contributed by atoms with Crippen LogP contribution in [-0.4, -0.2) is 19.0 Å². The van der Waals surface area contributed by atoms with Gasteiger partial charge < -0.3 is 4.90 Å². The summed E-state index contributed by atoms with van der Waals surface area (Å²) in [6, 6.07) is 5.98. The fourth-order valence-corrected chi connectivity index (χ4v) is 2.83. The molecule has 0 bridgehead atoms. The van der Waals surface area contributed by atoms with E-state index in [0.717, 1.165) is 28.1 Å². The summed E-state index contributed by atoms with van der Waals surface area (Å²) >= 11 is 0. The van der Waals surface area contributed by atoms with Crippen molar-refractivity contribution in [2.45, 2.75) is 34.6 Å². The molecule has 6 nitrogen and oxygen atoms in total. The number of hydrogen-bond donors (Lipinski definition) is 0. The lowest BCUT2D eigenvalue weighted by Crippen LogP contribution is -2.08. The third-order valence-electron chi connectivity index (χ3n) is 4.68. The van der Waals surface area contributed by atoms with Gasteiger partial charge in [0.05, 0.1) is 16.3 Å². The van der Waals surface area contributed by atoms with Crippen LogP contribution in [0.1, 0.15) is 27.8 Å². The van der Waals surface area contributed by atoms with Crippen molar-refractivity contribution < 1.29 is 4.92 Å². The summed E-state index contributed by atoms with van der Waals surface area (Å²) < 4.78 is 0. The first-order chi connectivity index (χ1) is 11.6. The Bertz CT molecular complexity index is 841. The maximum absolute atomic E-state index is 11.3. The SMILES string of the molecule is Cc1cc(N(C)C)ccc1N=Nc1c(C)c(C)c([N+](=O)[O-])c(C)c1C. The zero-order valence-corrected chi connectivity index (χ0v) is 15.8. The van der Waals surface area contributed by atoms with Crippen LogP contribution in [0.15, 0.2) is 28.4 Å². The standard InChI is InChI=1S/C19H24N4O2/c1-11-10-16(22(6)7)8-9-17(11)20-21-18-12(2)14(4)19(23(24)25)15(5)13(18)3/h8-10H,1-7H3. The molecule has 6 heteroatoms. The van der Waals surface area contributed by atoms with E-state index in [1.54, 1.807) is 13.8 Å². The highest BCUT2D eigenvalue weighted by atomic mass is 16.6. The molecule has 0 N–H and O–H groups in total. The maximum atomic E-state index is 11.3. The molecular formula is C19H24N4O2. The molecule has 0 heterocycles. The lowest BCUT2D eigenvalue weighted by Gasteiger charge is -2.14. The van der Waals surface area contributed by atoms with E-state index in [2.05, 4.69) is 16.3 Å². The van der Waals surface area contributed by atoms with Gasteiger partial charge in [0.1, 0.15) is 0 Å². The summed E-state index contributed by atoms with van der Waals surface area (Å²) in [4.78, 5) is 13.0. The number of nitro groups is 1. The highest BCUT2D eigenvalue weighted by Gasteiger charge is 2.22. The molecule has 0 aliphatic heterocycles. The molecule has 0 saturated heterocycles. The monoisotopic (exact) mass is 340 g/mol. The minimum Gasteiger partial charge on any atom is -0.378 e. The van der Waals surface area contributed by atoms with Crippen LogP contribution in [-0.2, 0) is 0 Å². The minimum atomic E-state index is -0.324. The summed E-state index contributed by atoms with van der Waals surface area (Å²) in [6.45, 7) is 9.22. The molecule has 0 spiro atoms. The van der Waals surface area contributed by atoms with Gasteiger partial charge in [-0.2, -0.15) is 5.11 Å². The van der Waals surface area contributed by atoms with Gasteiger partial charge in [-0.05, 0) is 69.5 Å².